The fourth-order valence-electron chi connectivity index (χ4n) is 4.97. The number of carbonyl (C=O) groups excluding carboxylic acids is 1. The number of rotatable bonds is 7. The van der Waals surface area contributed by atoms with Gasteiger partial charge in [-0.3, -0.25) is 14.2 Å². The molecule has 3 heterocycles. The highest BCUT2D eigenvalue weighted by atomic mass is 32.2. The molecule has 2 unspecified atom stereocenters. The van der Waals surface area contributed by atoms with Crippen molar-refractivity contribution < 1.29 is 9.53 Å². The van der Waals surface area contributed by atoms with Crippen LogP contribution in [-0.4, -0.2) is 34.2 Å². The van der Waals surface area contributed by atoms with Crippen molar-refractivity contribution >= 4 is 39.2 Å². The Kier molecular flexibility index (Phi) is 6.22. The van der Waals surface area contributed by atoms with Crippen LogP contribution in [0.5, 0.6) is 0 Å². The highest BCUT2D eigenvalue weighted by Gasteiger charge is 2.32. The predicted octanol–water partition coefficient (Wildman–Crippen LogP) is 4.63. The second kappa shape index (κ2) is 9.47. The summed E-state index contributed by atoms with van der Waals surface area (Å²) in [5, 5.41) is 4.11. The van der Waals surface area contributed by atoms with Gasteiger partial charge in [-0.2, -0.15) is 0 Å². The van der Waals surface area contributed by atoms with Crippen LogP contribution < -0.4 is 10.9 Å². The molecule has 1 amide bonds. The molecule has 1 aliphatic heterocycles. The van der Waals surface area contributed by atoms with Gasteiger partial charge in [-0.15, -0.1) is 11.3 Å². The number of amides is 1. The van der Waals surface area contributed by atoms with Crippen LogP contribution >= 0.6 is 23.1 Å². The molecule has 2 fully saturated rings. The van der Waals surface area contributed by atoms with Gasteiger partial charge in [0.1, 0.15) is 10.1 Å². The molecular weight excluding hydrogens is 466 g/mol. The van der Waals surface area contributed by atoms with Crippen LogP contribution in [0.25, 0.3) is 10.2 Å². The minimum atomic E-state index is -0.462. The molecule has 2 atom stereocenters. The molecule has 178 valence electrons. The van der Waals surface area contributed by atoms with E-state index in [1.807, 2.05) is 30.3 Å². The lowest BCUT2D eigenvalue weighted by Crippen LogP contribution is -2.32. The molecule has 6 rings (SSSR count). The molecule has 0 bridgehead atoms. The Morgan fingerprint density at radius 3 is 2.76 bits per heavy atom. The maximum atomic E-state index is 13.9. The summed E-state index contributed by atoms with van der Waals surface area (Å²) in [6.45, 7) is 1.22. The molecule has 2 aromatic heterocycles. The van der Waals surface area contributed by atoms with E-state index in [1.54, 1.807) is 15.9 Å². The number of nitrogens with one attached hydrogen (secondary N) is 1. The van der Waals surface area contributed by atoms with Gasteiger partial charge in [-0.25, -0.2) is 4.98 Å². The first kappa shape index (κ1) is 22.3. The molecule has 34 heavy (non-hydrogen) atoms. The maximum absolute atomic E-state index is 13.9. The summed E-state index contributed by atoms with van der Waals surface area (Å²) < 4.78 is 7.69. The predicted molar refractivity (Wildman–Crippen MR) is 136 cm³/mol. The molecule has 0 radical (unpaired) electrons. The van der Waals surface area contributed by atoms with Crippen LogP contribution in [0.1, 0.15) is 59.8 Å². The number of ether oxygens (including phenoxy) is 1. The van der Waals surface area contributed by atoms with E-state index >= 15 is 0 Å². The summed E-state index contributed by atoms with van der Waals surface area (Å²) in [5.41, 5.74) is 2.15. The highest BCUT2D eigenvalue weighted by Crippen LogP contribution is 2.39. The first-order valence-corrected chi connectivity index (χ1v) is 14.1. The van der Waals surface area contributed by atoms with Gasteiger partial charge in [0.05, 0.1) is 18.0 Å². The van der Waals surface area contributed by atoms with Gasteiger partial charge in [0.25, 0.3) is 5.56 Å². The lowest BCUT2D eigenvalue weighted by Gasteiger charge is -2.20. The van der Waals surface area contributed by atoms with Crippen LogP contribution in [0.2, 0.25) is 0 Å². The van der Waals surface area contributed by atoms with Crippen molar-refractivity contribution in [3.8, 4) is 0 Å². The summed E-state index contributed by atoms with van der Waals surface area (Å²) in [7, 11) is 0. The molecule has 3 aliphatic rings. The van der Waals surface area contributed by atoms with Crippen molar-refractivity contribution in [2.75, 3.05) is 6.61 Å². The standard InChI is InChI=1S/C26H29N3O3S2/c30-23(27-17-12-13-17)22(16-7-2-1-3-8-16)34-26-28-24-21(19-10-4-5-11-20(19)33-24)25(31)29(26)15-18-9-6-14-32-18/h1-3,7-8,17-18,22H,4-6,9-15H2,(H,27,30). The number of aryl methyl sites for hydroxylation is 2. The number of carbonyl (C=O) groups is 1. The van der Waals surface area contributed by atoms with E-state index in [1.165, 1.54) is 28.6 Å². The zero-order valence-electron chi connectivity index (χ0n) is 19.1. The average molecular weight is 496 g/mol. The van der Waals surface area contributed by atoms with Gasteiger partial charge in [0.2, 0.25) is 5.91 Å². The normalized spacial score (nSPS) is 20.9. The van der Waals surface area contributed by atoms with E-state index in [-0.39, 0.29) is 23.6 Å². The summed E-state index contributed by atoms with van der Waals surface area (Å²) in [6, 6.07) is 10.1. The zero-order valence-corrected chi connectivity index (χ0v) is 20.8. The highest BCUT2D eigenvalue weighted by molar-refractivity contribution is 8.00. The molecule has 1 N–H and O–H groups in total. The summed E-state index contributed by atoms with van der Waals surface area (Å²) >= 11 is 3.06. The largest absolute Gasteiger partial charge is 0.376 e. The third-order valence-electron chi connectivity index (χ3n) is 6.94. The van der Waals surface area contributed by atoms with Crippen molar-refractivity contribution in [2.45, 2.75) is 80.5 Å². The number of thiophene rings is 1. The Balaban J connectivity index is 1.44. The van der Waals surface area contributed by atoms with E-state index in [4.69, 9.17) is 9.72 Å². The number of fused-ring (bicyclic) bond motifs is 3. The van der Waals surface area contributed by atoms with Crippen LogP contribution in [0.4, 0.5) is 0 Å². The molecule has 8 heteroatoms. The Morgan fingerprint density at radius 1 is 1.18 bits per heavy atom. The molecule has 3 aromatic rings. The molecule has 1 saturated heterocycles. The minimum absolute atomic E-state index is 0.0119. The lowest BCUT2D eigenvalue weighted by molar-refractivity contribution is -0.120. The number of hydrogen-bond acceptors (Lipinski definition) is 6. The van der Waals surface area contributed by atoms with E-state index < -0.39 is 5.25 Å². The fraction of sp³-hybridized carbons (Fsp3) is 0.500. The van der Waals surface area contributed by atoms with Gasteiger partial charge in [0, 0.05) is 17.5 Å². The third-order valence-corrected chi connectivity index (χ3v) is 9.37. The third kappa shape index (κ3) is 4.43. The van der Waals surface area contributed by atoms with E-state index in [0.29, 0.717) is 11.7 Å². The lowest BCUT2D eigenvalue weighted by atomic mass is 9.97. The van der Waals surface area contributed by atoms with E-state index in [9.17, 15) is 9.59 Å². The first-order valence-electron chi connectivity index (χ1n) is 12.4. The minimum Gasteiger partial charge on any atom is -0.376 e. The molecule has 0 spiro atoms. The van der Waals surface area contributed by atoms with Crippen LogP contribution in [-0.2, 0) is 28.9 Å². The molecule has 6 nitrogen and oxygen atoms in total. The average Bonchev–Trinajstić information content (AvgIpc) is 3.36. The molecule has 1 aromatic carbocycles. The van der Waals surface area contributed by atoms with Crippen molar-refractivity contribution in [1.29, 1.82) is 0 Å². The number of benzene rings is 1. The van der Waals surface area contributed by atoms with Crippen molar-refractivity contribution in [3.05, 3.63) is 56.7 Å². The van der Waals surface area contributed by atoms with Crippen molar-refractivity contribution in [3.63, 3.8) is 0 Å². The maximum Gasteiger partial charge on any atom is 0.263 e. The summed E-state index contributed by atoms with van der Waals surface area (Å²) in [6.07, 6.45) is 8.32. The van der Waals surface area contributed by atoms with Crippen molar-refractivity contribution in [2.24, 2.45) is 0 Å². The van der Waals surface area contributed by atoms with Gasteiger partial charge < -0.3 is 10.1 Å². The number of nitrogens with zero attached hydrogens (tertiary/aromatic N) is 2. The zero-order chi connectivity index (χ0) is 23.1. The Labute approximate surface area is 207 Å². The Hall–Kier alpha value is -2.16. The molecule has 2 aliphatic carbocycles. The quantitative estimate of drug-likeness (QED) is 0.382. The van der Waals surface area contributed by atoms with Crippen LogP contribution in [0.3, 0.4) is 0 Å². The molecule has 1 saturated carbocycles. The Morgan fingerprint density at radius 2 is 2.00 bits per heavy atom. The SMILES string of the molecule is O=C(NC1CC1)C(Sc1nc2sc3c(c2c(=O)n1CC1CCCO1)CCCC3)c1ccccc1. The summed E-state index contributed by atoms with van der Waals surface area (Å²) in [4.78, 5) is 34.4. The number of thioether (sulfide) groups is 1. The Bertz CT molecular complexity index is 1260. The van der Waals surface area contributed by atoms with E-state index in [2.05, 4.69) is 5.32 Å². The van der Waals surface area contributed by atoms with Gasteiger partial charge in [-0.1, -0.05) is 42.1 Å². The van der Waals surface area contributed by atoms with Gasteiger partial charge in [0.15, 0.2) is 5.16 Å². The van der Waals surface area contributed by atoms with Gasteiger partial charge >= 0.3 is 0 Å². The topological polar surface area (TPSA) is 73.2 Å². The van der Waals surface area contributed by atoms with E-state index in [0.717, 1.165) is 67.3 Å². The molecular formula is C26H29N3O3S2. The first-order chi connectivity index (χ1) is 16.7. The smallest absolute Gasteiger partial charge is 0.263 e. The summed E-state index contributed by atoms with van der Waals surface area (Å²) in [5.74, 6) is -0.0119. The second-order valence-electron chi connectivity index (χ2n) is 9.53. The number of aromatic nitrogens is 2. The van der Waals surface area contributed by atoms with Crippen LogP contribution in [0.15, 0.2) is 40.3 Å². The van der Waals surface area contributed by atoms with Gasteiger partial charge in [-0.05, 0) is 62.5 Å². The van der Waals surface area contributed by atoms with Crippen molar-refractivity contribution in [1.82, 2.24) is 14.9 Å². The van der Waals surface area contributed by atoms with Crippen LogP contribution in [0, 0.1) is 0 Å². The fourth-order valence-corrected chi connectivity index (χ4v) is 7.39. The monoisotopic (exact) mass is 495 g/mol. The number of hydrogen-bond donors (Lipinski definition) is 1. The second-order valence-corrected chi connectivity index (χ2v) is 11.7.